The fourth-order valence-corrected chi connectivity index (χ4v) is 1.82. The highest BCUT2D eigenvalue weighted by molar-refractivity contribution is 6.29. The second-order valence-corrected chi connectivity index (χ2v) is 3.75. The Morgan fingerprint density at radius 2 is 2.12 bits per heavy atom. The summed E-state index contributed by atoms with van der Waals surface area (Å²) in [5.41, 5.74) is 0.621. The lowest BCUT2D eigenvalue weighted by molar-refractivity contribution is -0.139. The normalized spacial score (nSPS) is 12.1. The van der Waals surface area contributed by atoms with Gasteiger partial charge in [-0.2, -0.15) is 13.2 Å². The molecule has 0 unspecified atom stereocenters. The number of nitrogens with zero attached hydrogens (tertiary/aromatic N) is 2. The van der Waals surface area contributed by atoms with Crippen LogP contribution in [0.5, 0.6) is 5.75 Å². The Morgan fingerprint density at radius 3 is 2.71 bits per heavy atom. The number of alkyl halides is 3. The third-order valence-electron chi connectivity index (χ3n) is 2.25. The summed E-state index contributed by atoms with van der Waals surface area (Å²) in [6.07, 6.45) is -4.35. The number of imidazole rings is 1. The van der Waals surface area contributed by atoms with E-state index in [0.717, 1.165) is 4.57 Å². The molecule has 92 valence electrons. The van der Waals surface area contributed by atoms with Crippen molar-refractivity contribution in [2.75, 3.05) is 7.11 Å². The van der Waals surface area contributed by atoms with Gasteiger partial charge in [0.1, 0.15) is 17.8 Å². The molecule has 0 fully saturated rings. The van der Waals surface area contributed by atoms with Gasteiger partial charge in [-0.05, 0) is 23.7 Å². The van der Waals surface area contributed by atoms with E-state index in [9.17, 15) is 13.2 Å². The lowest BCUT2D eigenvalue weighted by Crippen LogP contribution is -2.17. The second-order valence-electron chi connectivity index (χ2n) is 3.41. The van der Waals surface area contributed by atoms with Crippen LogP contribution < -0.4 is 4.74 Å². The Balaban J connectivity index is 2.60. The highest BCUT2D eigenvalue weighted by Crippen LogP contribution is 2.30. The Hall–Kier alpha value is -1.43. The summed E-state index contributed by atoms with van der Waals surface area (Å²) in [6, 6.07) is 4.72. The fourth-order valence-electron chi connectivity index (χ4n) is 1.59. The zero-order chi connectivity index (χ0) is 12.6. The molecule has 0 amide bonds. The van der Waals surface area contributed by atoms with E-state index in [2.05, 4.69) is 4.98 Å². The Bertz CT molecular complexity index is 550. The third kappa shape index (κ3) is 2.31. The molecule has 0 radical (unpaired) electrons. The maximum atomic E-state index is 12.4. The fraction of sp³-hybridized carbons (Fsp3) is 0.300. The topological polar surface area (TPSA) is 27.1 Å². The summed E-state index contributed by atoms with van der Waals surface area (Å²) in [4.78, 5) is 3.87. The van der Waals surface area contributed by atoms with Crippen molar-refractivity contribution in [1.82, 2.24) is 9.55 Å². The zero-order valence-corrected chi connectivity index (χ0v) is 9.51. The van der Waals surface area contributed by atoms with Crippen LogP contribution in [0, 0.1) is 0 Å². The van der Waals surface area contributed by atoms with Crippen LogP contribution in [0.4, 0.5) is 13.2 Å². The Labute approximate surface area is 99.8 Å². The number of methoxy groups -OCH3 is 1. The van der Waals surface area contributed by atoms with Gasteiger partial charge in [0.05, 0.1) is 12.6 Å². The van der Waals surface area contributed by atoms with E-state index < -0.39 is 12.7 Å². The molecule has 0 aliphatic rings. The van der Waals surface area contributed by atoms with Gasteiger partial charge in [-0.25, -0.2) is 4.98 Å². The van der Waals surface area contributed by atoms with Crippen LogP contribution in [0.1, 0.15) is 0 Å². The van der Waals surface area contributed by atoms with Gasteiger partial charge in [0.2, 0.25) is 5.28 Å². The number of hydrogen-bond acceptors (Lipinski definition) is 2. The lowest BCUT2D eigenvalue weighted by Gasteiger charge is -2.09. The first kappa shape index (κ1) is 12.0. The summed E-state index contributed by atoms with van der Waals surface area (Å²) in [6.45, 7) is -1.17. The van der Waals surface area contributed by atoms with E-state index in [1.54, 1.807) is 12.1 Å². The van der Waals surface area contributed by atoms with Gasteiger partial charge in [-0.15, -0.1) is 0 Å². The minimum Gasteiger partial charge on any atom is -0.494 e. The molecule has 3 nitrogen and oxygen atoms in total. The van der Waals surface area contributed by atoms with E-state index in [0.29, 0.717) is 16.8 Å². The smallest absolute Gasteiger partial charge is 0.406 e. The maximum absolute atomic E-state index is 12.4. The molecule has 1 aromatic heterocycles. The van der Waals surface area contributed by atoms with Gasteiger partial charge >= 0.3 is 6.18 Å². The van der Waals surface area contributed by atoms with Crippen molar-refractivity contribution in [3.8, 4) is 5.75 Å². The van der Waals surface area contributed by atoms with E-state index in [1.165, 1.54) is 13.2 Å². The van der Waals surface area contributed by atoms with E-state index in [4.69, 9.17) is 16.3 Å². The van der Waals surface area contributed by atoms with Crippen LogP contribution in [0.3, 0.4) is 0 Å². The molecule has 0 saturated heterocycles. The molecule has 2 rings (SSSR count). The Morgan fingerprint density at radius 1 is 1.41 bits per heavy atom. The number of hydrogen-bond donors (Lipinski definition) is 0. The summed E-state index contributed by atoms with van der Waals surface area (Å²) in [7, 11) is 1.42. The van der Waals surface area contributed by atoms with Gasteiger partial charge in [-0.1, -0.05) is 6.07 Å². The number of aromatic nitrogens is 2. The molecule has 0 aliphatic carbocycles. The minimum absolute atomic E-state index is 0.207. The number of benzene rings is 1. The van der Waals surface area contributed by atoms with Crippen molar-refractivity contribution in [3.63, 3.8) is 0 Å². The predicted octanol–water partition coefficient (Wildman–Crippen LogP) is 3.26. The molecule has 2 aromatic rings. The SMILES string of the molecule is COc1cccc2c1nc(Cl)n2CC(F)(F)F. The molecule has 0 atom stereocenters. The highest BCUT2D eigenvalue weighted by atomic mass is 35.5. The predicted molar refractivity (Wildman–Crippen MR) is 57.4 cm³/mol. The number of fused-ring (bicyclic) bond motifs is 1. The quantitative estimate of drug-likeness (QED) is 0.832. The monoisotopic (exact) mass is 264 g/mol. The van der Waals surface area contributed by atoms with E-state index in [-0.39, 0.29) is 5.28 Å². The summed E-state index contributed by atoms with van der Waals surface area (Å²) in [5.74, 6) is 0.394. The number of halogens is 4. The van der Waals surface area contributed by atoms with Crippen LogP contribution in [0.15, 0.2) is 18.2 Å². The van der Waals surface area contributed by atoms with Crippen LogP contribution in [0.25, 0.3) is 11.0 Å². The zero-order valence-electron chi connectivity index (χ0n) is 8.75. The van der Waals surface area contributed by atoms with Crippen LogP contribution in [0.2, 0.25) is 5.28 Å². The molecule has 0 aliphatic heterocycles. The van der Waals surface area contributed by atoms with Crippen molar-refractivity contribution in [2.24, 2.45) is 0 Å². The van der Waals surface area contributed by atoms with E-state index >= 15 is 0 Å². The third-order valence-corrected chi connectivity index (χ3v) is 2.54. The number of ether oxygens (including phenoxy) is 1. The molecule has 0 saturated carbocycles. The molecule has 1 aromatic carbocycles. The number of para-hydroxylation sites is 1. The van der Waals surface area contributed by atoms with Gasteiger partial charge in [0, 0.05) is 0 Å². The Kier molecular flexibility index (Phi) is 2.91. The minimum atomic E-state index is -4.35. The average Bonchev–Trinajstić information content (AvgIpc) is 2.53. The molecule has 7 heteroatoms. The first-order valence-corrected chi connectivity index (χ1v) is 5.05. The van der Waals surface area contributed by atoms with Gasteiger partial charge in [-0.3, -0.25) is 0 Å². The van der Waals surface area contributed by atoms with E-state index in [1.807, 2.05) is 0 Å². The summed E-state index contributed by atoms with van der Waals surface area (Å²) < 4.78 is 43.0. The largest absolute Gasteiger partial charge is 0.494 e. The molecular weight excluding hydrogens is 257 g/mol. The highest BCUT2D eigenvalue weighted by Gasteiger charge is 2.30. The molecule has 0 N–H and O–H groups in total. The molecular formula is C10H8ClF3N2O. The molecule has 0 spiro atoms. The van der Waals surface area contributed by atoms with Gasteiger partial charge in [0.25, 0.3) is 0 Å². The van der Waals surface area contributed by atoms with Crippen molar-refractivity contribution in [3.05, 3.63) is 23.5 Å². The first-order valence-electron chi connectivity index (χ1n) is 4.68. The molecule has 0 bridgehead atoms. The van der Waals surface area contributed by atoms with Crippen molar-refractivity contribution in [2.45, 2.75) is 12.7 Å². The van der Waals surface area contributed by atoms with Crippen LogP contribution >= 0.6 is 11.6 Å². The number of rotatable bonds is 2. The van der Waals surface area contributed by atoms with Crippen LogP contribution in [-0.4, -0.2) is 22.8 Å². The lowest BCUT2D eigenvalue weighted by atomic mass is 10.3. The van der Waals surface area contributed by atoms with Crippen LogP contribution in [-0.2, 0) is 6.54 Å². The molecule has 17 heavy (non-hydrogen) atoms. The summed E-state index contributed by atoms with van der Waals surface area (Å²) >= 11 is 5.70. The van der Waals surface area contributed by atoms with Gasteiger partial charge < -0.3 is 9.30 Å². The van der Waals surface area contributed by atoms with Gasteiger partial charge in [0.15, 0.2) is 0 Å². The van der Waals surface area contributed by atoms with Crippen molar-refractivity contribution in [1.29, 1.82) is 0 Å². The molecule has 1 heterocycles. The maximum Gasteiger partial charge on any atom is 0.406 e. The first-order chi connectivity index (χ1) is 7.92. The summed E-state index contributed by atoms with van der Waals surface area (Å²) in [5, 5.41) is -0.207. The standard InChI is InChI=1S/C10H8ClF3N2O/c1-17-7-4-2-3-6-8(7)15-9(11)16(6)5-10(12,13)14/h2-4H,5H2,1H3. The second kappa shape index (κ2) is 4.10. The van der Waals surface area contributed by atoms with Crippen molar-refractivity contribution >= 4 is 22.6 Å². The average molecular weight is 265 g/mol. The van der Waals surface area contributed by atoms with Crippen molar-refractivity contribution < 1.29 is 17.9 Å².